The van der Waals surface area contributed by atoms with Gasteiger partial charge in [-0.15, -0.1) is 0 Å². The van der Waals surface area contributed by atoms with Crippen LogP contribution in [0.5, 0.6) is 0 Å². The zero-order valence-electron chi connectivity index (χ0n) is 7.16. The molecule has 0 spiro atoms. The van der Waals surface area contributed by atoms with Gasteiger partial charge in [0, 0.05) is 6.08 Å². The van der Waals surface area contributed by atoms with Crippen molar-refractivity contribution < 1.29 is 9.90 Å². The summed E-state index contributed by atoms with van der Waals surface area (Å²) in [7, 11) is 0. The number of hydrogen-bond donors (Lipinski definition) is 1. The molecule has 0 atom stereocenters. The fourth-order valence-electron chi connectivity index (χ4n) is 0.475. The summed E-state index contributed by atoms with van der Waals surface area (Å²) in [6.45, 7) is 6.12. The molecule has 0 aliphatic carbocycles. The second-order valence-corrected chi connectivity index (χ2v) is 2.76. The first-order valence-corrected chi connectivity index (χ1v) is 3.62. The first-order valence-electron chi connectivity index (χ1n) is 3.62. The molecule has 2 heteroatoms. The molecule has 0 radical (unpaired) electrons. The predicted octanol–water partition coefficient (Wildman–Crippen LogP) is 2.23. The number of carbonyl (C=O) groups is 1. The van der Waals surface area contributed by atoms with Crippen molar-refractivity contribution >= 4 is 5.97 Å². The Labute approximate surface area is 67.2 Å². The standard InChI is InChI=1S/C9H14O2/c1-7(2)8(3)5-4-6-9(10)11/h4-7H,1-3H3,(H,10,11)/b6-4+,8-5+. The Hall–Kier alpha value is -1.05. The quantitative estimate of drug-likeness (QED) is 0.500. The van der Waals surface area contributed by atoms with Gasteiger partial charge in [0.15, 0.2) is 0 Å². The molecule has 11 heavy (non-hydrogen) atoms. The highest BCUT2D eigenvalue weighted by molar-refractivity contribution is 5.80. The third kappa shape index (κ3) is 5.40. The topological polar surface area (TPSA) is 37.3 Å². The van der Waals surface area contributed by atoms with E-state index < -0.39 is 5.97 Å². The molecule has 0 rings (SSSR count). The minimum atomic E-state index is -0.905. The zero-order valence-corrected chi connectivity index (χ0v) is 7.16. The van der Waals surface area contributed by atoms with Gasteiger partial charge >= 0.3 is 5.97 Å². The van der Waals surface area contributed by atoms with Gasteiger partial charge in [-0.3, -0.25) is 0 Å². The number of carboxylic acids is 1. The monoisotopic (exact) mass is 154 g/mol. The lowest BCUT2D eigenvalue weighted by atomic mass is 10.1. The Morgan fingerprint density at radius 2 is 2.00 bits per heavy atom. The predicted molar refractivity (Wildman–Crippen MR) is 45.4 cm³/mol. The smallest absolute Gasteiger partial charge is 0.328 e. The summed E-state index contributed by atoms with van der Waals surface area (Å²) in [6.07, 6.45) is 4.50. The molecule has 62 valence electrons. The number of hydrogen-bond acceptors (Lipinski definition) is 1. The van der Waals surface area contributed by atoms with Gasteiger partial charge in [0.25, 0.3) is 0 Å². The lowest BCUT2D eigenvalue weighted by Gasteiger charge is -2.01. The molecule has 0 aromatic heterocycles. The molecule has 0 aliphatic heterocycles. The summed E-state index contributed by atoms with van der Waals surface area (Å²) in [5.74, 6) is -0.425. The van der Waals surface area contributed by atoms with E-state index in [-0.39, 0.29) is 0 Å². The van der Waals surface area contributed by atoms with E-state index in [1.807, 2.05) is 13.0 Å². The Balaban J connectivity index is 4.01. The SMILES string of the molecule is C/C(=C\C=C\C(=O)O)C(C)C. The highest BCUT2D eigenvalue weighted by Crippen LogP contribution is 2.06. The molecule has 1 N–H and O–H groups in total. The maximum Gasteiger partial charge on any atom is 0.328 e. The van der Waals surface area contributed by atoms with Crippen LogP contribution in [0.1, 0.15) is 20.8 Å². The van der Waals surface area contributed by atoms with Crippen LogP contribution in [0.3, 0.4) is 0 Å². The van der Waals surface area contributed by atoms with E-state index in [1.165, 1.54) is 5.57 Å². The third-order valence-corrected chi connectivity index (χ3v) is 1.51. The average molecular weight is 154 g/mol. The van der Waals surface area contributed by atoms with Gasteiger partial charge in [-0.2, -0.15) is 0 Å². The summed E-state index contributed by atoms with van der Waals surface area (Å²) in [4.78, 5) is 10.0. The van der Waals surface area contributed by atoms with Crippen LogP contribution in [0.2, 0.25) is 0 Å². The summed E-state index contributed by atoms with van der Waals surface area (Å²) in [5.41, 5.74) is 1.18. The Morgan fingerprint density at radius 1 is 1.45 bits per heavy atom. The summed E-state index contributed by atoms with van der Waals surface area (Å²) in [5, 5.41) is 8.25. The van der Waals surface area contributed by atoms with Gasteiger partial charge in [-0.25, -0.2) is 4.79 Å². The molecular formula is C9H14O2. The number of carboxylic acid groups (broad SMARTS) is 1. The largest absolute Gasteiger partial charge is 0.478 e. The Kier molecular flexibility index (Phi) is 4.27. The van der Waals surface area contributed by atoms with Crippen molar-refractivity contribution in [2.24, 2.45) is 5.92 Å². The van der Waals surface area contributed by atoms with Crippen molar-refractivity contribution in [3.63, 3.8) is 0 Å². The van der Waals surface area contributed by atoms with Crippen LogP contribution in [0.25, 0.3) is 0 Å². The van der Waals surface area contributed by atoms with E-state index in [1.54, 1.807) is 6.08 Å². The highest BCUT2D eigenvalue weighted by Gasteiger charge is 1.92. The van der Waals surface area contributed by atoms with Crippen LogP contribution in [0, 0.1) is 5.92 Å². The second kappa shape index (κ2) is 4.72. The first-order chi connectivity index (χ1) is 5.04. The molecule has 0 heterocycles. The van der Waals surface area contributed by atoms with Gasteiger partial charge in [-0.1, -0.05) is 31.6 Å². The molecule has 0 fully saturated rings. The van der Waals surface area contributed by atoms with Crippen LogP contribution in [0.15, 0.2) is 23.8 Å². The number of allylic oxidation sites excluding steroid dienone is 3. The highest BCUT2D eigenvalue weighted by atomic mass is 16.4. The second-order valence-electron chi connectivity index (χ2n) is 2.76. The Morgan fingerprint density at radius 3 is 2.36 bits per heavy atom. The van der Waals surface area contributed by atoms with E-state index in [9.17, 15) is 4.79 Å². The minimum absolute atomic E-state index is 0.480. The van der Waals surface area contributed by atoms with E-state index in [2.05, 4.69) is 13.8 Å². The van der Waals surface area contributed by atoms with Crippen LogP contribution in [0.4, 0.5) is 0 Å². The molecule has 0 aromatic rings. The molecule has 0 bridgehead atoms. The van der Waals surface area contributed by atoms with Crippen molar-refractivity contribution in [1.29, 1.82) is 0 Å². The third-order valence-electron chi connectivity index (χ3n) is 1.51. The average Bonchev–Trinajstić information content (AvgIpc) is 1.86. The number of rotatable bonds is 3. The van der Waals surface area contributed by atoms with E-state index in [0.29, 0.717) is 5.92 Å². The van der Waals surface area contributed by atoms with Crippen molar-refractivity contribution in [1.82, 2.24) is 0 Å². The van der Waals surface area contributed by atoms with Crippen molar-refractivity contribution in [2.75, 3.05) is 0 Å². The van der Waals surface area contributed by atoms with E-state index in [4.69, 9.17) is 5.11 Å². The van der Waals surface area contributed by atoms with Gasteiger partial charge in [0.05, 0.1) is 0 Å². The van der Waals surface area contributed by atoms with Crippen LogP contribution in [-0.2, 0) is 4.79 Å². The molecule has 0 aliphatic rings. The number of aliphatic carboxylic acids is 1. The molecule has 0 saturated carbocycles. The zero-order chi connectivity index (χ0) is 8.85. The van der Waals surface area contributed by atoms with Gasteiger partial charge in [0.2, 0.25) is 0 Å². The lowest BCUT2D eigenvalue weighted by Crippen LogP contribution is -1.88. The normalized spacial score (nSPS) is 12.9. The van der Waals surface area contributed by atoms with Crippen molar-refractivity contribution in [3.8, 4) is 0 Å². The molecule has 0 saturated heterocycles. The van der Waals surface area contributed by atoms with E-state index >= 15 is 0 Å². The fourth-order valence-corrected chi connectivity index (χ4v) is 0.475. The van der Waals surface area contributed by atoms with Crippen LogP contribution < -0.4 is 0 Å². The minimum Gasteiger partial charge on any atom is -0.478 e. The molecule has 0 unspecified atom stereocenters. The van der Waals surface area contributed by atoms with Crippen LogP contribution in [-0.4, -0.2) is 11.1 Å². The van der Waals surface area contributed by atoms with Gasteiger partial charge < -0.3 is 5.11 Å². The molecular weight excluding hydrogens is 140 g/mol. The summed E-state index contributed by atoms with van der Waals surface area (Å²) < 4.78 is 0. The summed E-state index contributed by atoms with van der Waals surface area (Å²) in [6, 6.07) is 0. The maximum atomic E-state index is 10.0. The first kappa shape index (κ1) is 9.95. The maximum absolute atomic E-state index is 10.0. The van der Waals surface area contributed by atoms with Crippen molar-refractivity contribution in [3.05, 3.63) is 23.8 Å². The molecule has 0 amide bonds. The molecule has 2 nitrogen and oxygen atoms in total. The van der Waals surface area contributed by atoms with Crippen molar-refractivity contribution in [2.45, 2.75) is 20.8 Å². The van der Waals surface area contributed by atoms with E-state index in [0.717, 1.165) is 6.08 Å². The lowest BCUT2D eigenvalue weighted by molar-refractivity contribution is -0.131. The van der Waals surface area contributed by atoms with Gasteiger partial charge in [-0.05, 0) is 12.8 Å². The van der Waals surface area contributed by atoms with Gasteiger partial charge in [0.1, 0.15) is 0 Å². The summed E-state index contributed by atoms with van der Waals surface area (Å²) >= 11 is 0. The molecule has 0 aromatic carbocycles. The van der Waals surface area contributed by atoms with Crippen LogP contribution >= 0.6 is 0 Å². The Bertz CT molecular complexity index is 188. The fraction of sp³-hybridized carbons (Fsp3) is 0.444.